The molecule has 0 aliphatic heterocycles. The quantitative estimate of drug-likeness (QED) is 0.465. The summed E-state index contributed by atoms with van der Waals surface area (Å²) in [7, 11) is 1.60. The van der Waals surface area contributed by atoms with E-state index in [0.717, 1.165) is 17.0 Å². The Morgan fingerprint density at radius 1 is 0.963 bits per heavy atom. The van der Waals surface area contributed by atoms with Crippen LogP contribution in [0, 0.1) is 0 Å². The largest absolute Gasteiger partial charge is 0.497 e. The van der Waals surface area contributed by atoms with E-state index in [2.05, 4.69) is 5.32 Å². The Hall–Kier alpha value is -2.49. The molecule has 27 heavy (non-hydrogen) atoms. The molecule has 0 saturated carbocycles. The molecule has 3 aromatic rings. The first kappa shape index (κ1) is 19.3. The third-order valence-electron chi connectivity index (χ3n) is 4.24. The molecule has 0 amide bonds. The van der Waals surface area contributed by atoms with Crippen LogP contribution in [0.15, 0.2) is 72.8 Å². The van der Waals surface area contributed by atoms with Crippen LogP contribution in [0.2, 0.25) is 10.0 Å². The molecule has 1 atom stereocenters. The molecule has 0 spiro atoms. The standard InChI is InChI=1S/C22H19Cl2NO2/c1-27-20-11-7-16(8-12-20)22(26)14-21(15-5-9-17(23)10-6-15)25-19-4-2-3-18(24)13-19/h2-13,21,25H,14H2,1H3/t21-/m1/s1. The molecule has 5 heteroatoms. The van der Waals surface area contributed by atoms with Crippen LogP contribution in [0.1, 0.15) is 28.4 Å². The minimum Gasteiger partial charge on any atom is -0.497 e. The molecule has 3 rings (SSSR count). The SMILES string of the molecule is COc1ccc(C(=O)C[C@@H](Nc2cccc(Cl)c2)c2ccc(Cl)cc2)cc1. The molecule has 0 unspecified atom stereocenters. The number of nitrogens with one attached hydrogen (secondary N) is 1. The molecule has 0 bridgehead atoms. The fourth-order valence-corrected chi connectivity index (χ4v) is 3.12. The number of Topliss-reactive ketones (excluding diaryl/α,β-unsaturated/α-hetero) is 1. The predicted molar refractivity (Wildman–Crippen MR) is 111 cm³/mol. The summed E-state index contributed by atoms with van der Waals surface area (Å²) in [4.78, 5) is 12.8. The maximum Gasteiger partial charge on any atom is 0.165 e. The summed E-state index contributed by atoms with van der Waals surface area (Å²) in [6.45, 7) is 0. The van der Waals surface area contributed by atoms with Crippen LogP contribution >= 0.6 is 23.2 Å². The highest BCUT2D eigenvalue weighted by Crippen LogP contribution is 2.27. The number of ketones is 1. The van der Waals surface area contributed by atoms with Gasteiger partial charge in [-0.3, -0.25) is 4.79 Å². The van der Waals surface area contributed by atoms with Crippen LogP contribution in [0.25, 0.3) is 0 Å². The fraction of sp³-hybridized carbons (Fsp3) is 0.136. The Morgan fingerprint density at radius 2 is 1.67 bits per heavy atom. The Kier molecular flexibility index (Phi) is 6.38. The van der Waals surface area contributed by atoms with E-state index in [1.165, 1.54) is 0 Å². The lowest BCUT2D eigenvalue weighted by atomic mass is 9.97. The van der Waals surface area contributed by atoms with E-state index in [0.29, 0.717) is 22.0 Å². The topological polar surface area (TPSA) is 38.3 Å². The summed E-state index contributed by atoms with van der Waals surface area (Å²) in [6, 6.07) is 21.8. The van der Waals surface area contributed by atoms with Crippen LogP contribution in [-0.2, 0) is 0 Å². The van der Waals surface area contributed by atoms with Gasteiger partial charge in [0.2, 0.25) is 0 Å². The van der Waals surface area contributed by atoms with Gasteiger partial charge >= 0.3 is 0 Å². The van der Waals surface area contributed by atoms with Crippen LogP contribution in [0.5, 0.6) is 5.75 Å². The Labute approximate surface area is 168 Å². The van der Waals surface area contributed by atoms with Gasteiger partial charge in [0.1, 0.15) is 5.75 Å². The Balaban J connectivity index is 1.84. The van der Waals surface area contributed by atoms with Crippen molar-refractivity contribution in [3.8, 4) is 5.75 Å². The van der Waals surface area contributed by atoms with Crippen LogP contribution in [0.4, 0.5) is 5.69 Å². The fourth-order valence-electron chi connectivity index (χ4n) is 2.81. The van der Waals surface area contributed by atoms with Gasteiger partial charge in [0.15, 0.2) is 5.78 Å². The minimum absolute atomic E-state index is 0.0344. The minimum atomic E-state index is -0.213. The van der Waals surface area contributed by atoms with Gasteiger partial charge < -0.3 is 10.1 Å². The summed E-state index contributed by atoms with van der Waals surface area (Å²) in [5.41, 5.74) is 2.47. The maximum atomic E-state index is 12.8. The van der Waals surface area contributed by atoms with Crippen LogP contribution in [0.3, 0.4) is 0 Å². The normalized spacial score (nSPS) is 11.7. The second kappa shape index (κ2) is 8.94. The number of halogens is 2. The number of carbonyl (C=O) groups excluding carboxylic acids is 1. The van der Waals surface area contributed by atoms with E-state index < -0.39 is 0 Å². The highest BCUT2D eigenvalue weighted by Gasteiger charge is 2.18. The van der Waals surface area contributed by atoms with Crippen molar-refractivity contribution in [1.82, 2.24) is 0 Å². The monoisotopic (exact) mass is 399 g/mol. The van der Waals surface area contributed by atoms with Crippen molar-refractivity contribution < 1.29 is 9.53 Å². The molecule has 3 aromatic carbocycles. The molecular weight excluding hydrogens is 381 g/mol. The summed E-state index contributed by atoms with van der Waals surface area (Å²) < 4.78 is 5.15. The molecule has 0 saturated heterocycles. The van der Waals surface area contributed by atoms with Crippen molar-refractivity contribution in [3.63, 3.8) is 0 Å². The summed E-state index contributed by atoms with van der Waals surface area (Å²) in [5, 5.41) is 4.70. The van der Waals surface area contributed by atoms with Gasteiger partial charge in [0.25, 0.3) is 0 Å². The number of anilines is 1. The zero-order valence-electron chi connectivity index (χ0n) is 14.8. The zero-order valence-corrected chi connectivity index (χ0v) is 16.3. The van der Waals surface area contributed by atoms with Gasteiger partial charge in [-0.05, 0) is 60.2 Å². The zero-order chi connectivity index (χ0) is 19.2. The van der Waals surface area contributed by atoms with Crippen molar-refractivity contribution in [2.75, 3.05) is 12.4 Å². The third-order valence-corrected chi connectivity index (χ3v) is 4.73. The summed E-state index contributed by atoms with van der Waals surface area (Å²) in [6.07, 6.45) is 0.292. The van der Waals surface area contributed by atoms with Gasteiger partial charge in [-0.15, -0.1) is 0 Å². The Bertz CT molecular complexity index is 908. The smallest absolute Gasteiger partial charge is 0.165 e. The third kappa shape index (κ3) is 5.25. The molecule has 3 nitrogen and oxygen atoms in total. The van der Waals surface area contributed by atoms with Crippen molar-refractivity contribution in [2.24, 2.45) is 0 Å². The number of hydrogen-bond donors (Lipinski definition) is 1. The highest BCUT2D eigenvalue weighted by molar-refractivity contribution is 6.31. The molecule has 0 fully saturated rings. The average Bonchev–Trinajstić information content (AvgIpc) is 2.68. The van der Waals surface area contributed by atoms with Crippen LogP contribution < -0.4 is 10.1 Å². The first-order valence-electron chi connectivity index (χ1n) is 8.50. The van der Waals surface area contributed by atoms with Crippen molar-refractivity contribution >= 4 is 34.7 Å². The van der Waals surface area contributed by atoms with E-state index in [-0.39, 0.29) is 11.8 Å². The first-order valence-corrected chi connectivity index (χ1v) is 9.25. The van der Waals surface area contributed by atoms with Gasteiger partial charge in [0, 0.05) is 27.7 Å². The average molecular weight is 400 g/mol. The molecule has 0 heterocycles. The van der Waals surface area contributed by atoms with Gasteiger partial charge in [-0.2, -0.15) is 0 Å². The number of methoxy groups -OCH3 is 1. The predicted octanol–water partition coefficient (Wildman–Crippen LogP) is 6.43. The van der Waals surface area contributed by atoms with E-state index in [9.17, 15) is 4.79 Å². The molecule has 1 N–H and O–H groups in total. The maximum absolute atomic E-state index is 12.8. The Morgan fingerprint density at radius 3 is 2.30 bits per heavy atom. The number of hydrogen-bond acceptors (Lipinski definition) is 3. The molecule has 0 aromatic heterocycles. The lowest BCUT2D eigenvalue weighted by Crippen LogP contribution is -2.16. The number of ether oxygens (including phenoxy) is 1. The van der Waals surface area contributed by atoms with Gasteiger partial charge in [-0.25, -0.2) is 0 Å². The van der Waals surface area contributed by atoms with E-state index in [4.69, 9.17) is 27.9 Å². The second-order valence-electron chi connectivity index (χ2n) is 6.11. The van der Waals surface area contributed by atoms with Crippen molar-refractivity contribution in [3.05, 3.63) is 94.0 Å². The van der Waals surface area contributed by atoms with E-state index in [1.54, 1.807) is 31.4 Å². The van der Waals surface area contributed by atoms with Crippen LogP contribution in [-0.4, -0.2) is 12.9 Å². The first-order chi connectivity index (χ1) is 13.0. The highest BCUT2D eigenvalue weighted by atomic mass is 35.5. The number of carbonyl (C=O) groups is 1. The molecule has 138 valence electrons. The molecule has 0 aliphatic carbocycles. The molecule has 0 radical (unpaired) electrons. The lowest BCUT2D eigenvalue weighted by Gasteiger charge is -2.20. The van der Waals surface area contributed by atoms with E-state index in [1.807, 2.05) is 48.5 Å². The van der Waals surface area contributed by atoms with Crippen molar-refractivity contribution in [1.29, 1.82) is 0 Å². The second-order valence-corrected chi connectivity index (χ2v) is 6.99. The van der Waals surface area contributed by atoms with E-state index >= 15 is 0 Å². The van der Waals surface area contributed by atoms with Gasteiger partial charge in [0.05, 0.1) is 13.2 Å². The summed E-state index contributed by atoms with van der Waals surface area (Å²) in [5.74, 6) is 0.755. The lowest BCUT2D eigenvalue weighted by molar-refractivity contribution is 0.0976. The number of benzene rings is 3. The van der Waals surface area contributed by atoms with Gasteiger partial charge in [-0.1, -0.05) is 41.4 Å². The molecule has 0 aliphatic rings. The summed E-state index contributed by atoms with van der Waals surface area (Å²) >= 11 is 12.1. The molecular formula is C22H19Cl2NO2. The number of rotatable bonds is 7. The van der Waals surface area contributed by atoms with Crippen molar-refractivity contribution in [2.45, 2.75) is 12.5 Å².